The number of hydrogen-bond donors (Lipinski definition) is 1. The van der Waals surface area contributed by atoms with E-state index in [1.807, 2.05) is 12.4 Å². The number of thiophene rings is 1. The molecule has 1 unspecified atom stereocenters. The first-order valence-electron chi connectivity index (χ1n) is 5.51. The molecule has 1 N–H and O–H groups in total. The molecule has 3 heteroatoms. The summed E-state index contributed by atoms with van der Waals surface area (Å²) in [5.74, 6) is 0. The average molecular weight is 232 g/mol. The van der Waals surface area contributed by atoms with Gasteiger partial charge in [0.25, 0.3) is 0 Å². The van der Waals surface area contributed by atoms with Crippen LogP contribution in [0.3, 0.4) is 0 Å². The summed E-state index contributed by atoms with van der Waals surface area (Å²) in [7, 11) is 0. The summed E-state index contributed by atoms with van der Waals surface area (Å²) in [5, 5.41) is 5.64. The van der Waals surface area contributed by atoms with Gasteiger partial charge in [0, 0.05) is 17.3 Å². The van der Waals surface area contributed by atoms with Crippen molar-refractivity contribution in [3.63, 3.8) is 0 Å². The van der Waals surface area contributed by atoms with Gasteiger partial charge in [0.1, 0.15) is 0 Å². The lowest BCUT2D eigenvalue weighted by molar-refractivity contribution is 0.763. The molecule has 2 rings (SSSR count). The van der Waals surface area contributed by atoms with Gasteiger partial charge in [-0.15, -0.1) is 11.3 Å². The molecule has 0 bridgehead atoms. The molecule has 0 aliphatic heterocycles. The van der Waals surface area contributed by atoms with E-state index in [0.717, 1.165) is 12.1 Å². The molecule has 0 amide bonds. The Morgan fingerprint density at radius 3 is 2.94 bits per heavy atom. The highest BCUT2D eigenvalue weighted by molar-refractivity contribution is 7.10. The quantitative estimate of drug-likeness (QED) is 0.861. The summed E-state index contributed by atoms with van der Waals surface area (Å²) in [5.41, 5.74) is 2.28. The Labute approximate surface area is 100 Å². The Morgan fingerprint density at radius 2 is 2.31 bits per heavy atom. The summed E-state index contributed by atoms with van der Waals surface area (Å²) in [6.45, 7) is 4.25. The lowest BCUT2D eigenvalue weighted by Crippen LogP contribution is -2.08. The van der Waals surface area contributed by atoms with Crippen LogP contribution in [0.5, 0.6) is 0 Å². The van der Waals surface area contributed by atoms with Gasteiger partial charge in [-0.05, 0) is 36.4 Å². The fourth-order valence-electron chi connectivity index (χ4n) is 1.70. The van der Waals surface area contributed by atoms with E-state index in [9.17, 15) is 0 Å². The van der Waals surface area contributed by atoms with E-state index in [2.05, 4.69) is 47.7 Å². The van der Waals surface area contributed by atoms with Gasteiger partial charge < -0.3 is 5.32 Å². The van der Waals surface area contributed by atoms with Crippen molar-refractivity contribution in [2.24, 2.45) is 0 Å². The second-order valence-electron chi connectivity index (χ2n) is 3.87. The first-order chi connectivity index (χ1) is 7.79. The highest BCUT2D eigenvalue weighted by Crippen LogP contribution is 2.25. The van der Waals surface area contributed by atoms with E-state index in [0.29, 0.717) is 6.04 Å². The second-order valence-corrected chi connectivity index (χ2v) is 4.85. The molecule has 84 valence electrons. The zero-order chi connectivity index (χ0) is 11.4. The Kier molecular flexibility index (Phi) is 3.57. The van der Waals surface area contributed by atoms with E-state index in [4.69, 9.17) is 0 Å². The Bertz CT molecular complexity index is 437. The van der Waals surface area contributed by atoms with Crippen LogP contribution in [0.15, 0.2) is 36.0 Å². The van der Waals surface area contributed by atoms with Crippen LogP contribution >= 0.6 is 11.3 Å². The van der Waals surface area contributed by atoms with Crippen LogP contribution in [0.1, 0.15) is 29.8 Å². The number of hydrogen-bond acceptors (Lipinski definition) is 3. The van der Waals surface area contributed by atoms with E-state index < -0.39 is 0 Å². The van der Waals surface area contributed by atoms with Gasteiger partial charge in [-0.1, -0.05) is 13.0 Å². The molecule has 0 fully saturated rings. The van der Waals surface area contributed by atoms with Gasteiger partial charge in [0.05, 0.1) is 11.7 Å². The van der Waals surface area contributed by atoms with E-state index >= 15 is 0 Å². The minimum Gasteiger partial charge on any atom is -0.376 e. The summed E-state index contributed by atoms with van der Waals surface area (Å²) in [4.78, 5) is 5.57. The van der Waals surface area contributed by atoms with Crippen molar-refractivity contribution in [2.45, 2.75) is 26.3 Å². The molecule has 2 nitrogen and oxygen atoms in total. The third kappa shape index (κ3) is 2.61. The molecule has 2 aromatic rings. The molecule has 0 aromatic carbocycles. The van der Waals surface area contributed by atoms with Crippen LogP contribution in [0, 0.1) is 6.92 Å². The first-order valence-corrected chi connectivity index (χ1v) is 6.39. The maximum absolute atomic E-state index is 4.19. The Hall–Kier alpha value is -1.35. The summed E-state index contributed by atoms with van der Waals surface area (Å²) < 4.78 is 0. The fourth-order valence-corrected chi connectivity index (χ4v) is 2.56. The van der Waals surface area contributed by atoms with Crippen molar-refractivity contribution in [3.8, 4) is 0 Å². The van der Waals surface area contributed by atoms with Crippen molar-refractivity contribution < 1.29 is 0 Å². The second kappa shape index (κ2) is 5.12. The largest absolute Gasteiger partial charge is 0.376 e. The number of aryl methyl sites for hydroxylation is 1. The molecule has 16 heavy (non-hydrogen) atoms. The van der Waals surface area contributed by atoms with Crippen molar-refractivity contribution in [1.82, 2.24) is 4.98 Å². The van der Waals surface area contributed by atoms with E-state index in [1.165, 1.54) is 10.4 Å². The molecule has 2 heterocycles. The van der Waals surface area contributed by atoms with E-state index in [1.54, 1.807) is 11.3 Å². The van der Waals surface area contributed by atoms with Crippen LogP contribution in [0.2, 0.25) is 0 Å². The standard InChI is InChI=1S/C13H16N2S/c1-3-12(13-5-4-6-16-13)15-11-7-10(2)8-14-9-11/h4-9,12,15H,3H2,1-2H3. The third-order valence-corrected chi connectivity index (χ3v) is 3.50. The molecule has 0 aliphatic rings. The molecule has 1 atom stereocenters. The number of anilines is 1. The van der Waals surface area contributed by atoms with Crippen LogP contribution < -0.4 is 5.32 Å². The monoisotopic (exact) mass is 232 g/mol. The van der Waals surface area contributed by atoms with E-state index in [-0.39, 0.29) is 0 Å². The van der Waals surface area contributed by atoms with Crippen molar-refractivity contribution in [3.05, 3.63) is 46.4 Å². The third-order valence-electron chi connectivity index (χ3n) is 2.51. The Balaban J connectivity index is 2.13. The minimum atomic E-state index is 0.392. The molecule has 0 saturated carbocycles. The molecule has 0 aliphatic carbocycles. The topological polar surface area (TPSA) is 24.9 Å². The first kappa shape index (κ1) is 11.1. The summed E-state index contributed by atoms with van der Waals surface area (Å²) in [6.07, 6.45) is 4.83. The van der Waals surface area contributed by atoms with Gasteiger partial charge in [-0.2, -0.15) is 0 Å². The molecule has 0 saturated heterocycles. The zero-order valence-electron chi connectivity index (χ0n) is 9.60. The number of aromatic nitrogens is 1. The molecular formula is C13H16N2S. The molecule has 0 radical (unpaired) electrons. The van der Waals surface area contributed by atoms with Crippen LogP contribution in [-0.2, 0) is 0 Å². The maximum Gasteiger partial charge on any atom is 0.0604 e. The number of pyridine rings is 1. The number of rotatable bonds is 4. The zero-order valence-corrected chi connectivity index (χ0v) is 10.4. The summed E-state index contributed by atoms with van der Waals surface area (Å²) >= 11 is 1.80. The maximum atomic E-state index is 4.19. The molecule has 2 aromatic heterocycles. The number of nitrogens with zero attached hydrogens (tertiary/aromatic N) is 1. The smallest absolute Gasteiger partial charge is 0.0604 e. The van der Waals surface area contributed by atoms with Gasteiger partial charge in [-0.25, -0.2) is 0 Å². The van der Waals surface area contributed by atoms with Crippen molar-refractivity contribution in [1.29, 1.82) is 0 Å². The normalized spacial score (nSPS) is 12.4. The lowest BCUT2D eigenvalue weighted by atomic mass is 10.1. The van der Waals surface area contributed by atoms with Crippen molar-refractivity contribution >= 4 is 17.0 Å². The Morgan fingerprint density at radius 1 is 1.44 bits per heavy atom. The predicted molar refractivity (Wildman–Crippen MR) is 69.9 cm³/mol. The average Bonchev–Trinajstić information content (AvgIpc) is 2.79. The SMILES string of the molecule is CCC(Nc1cncc(C)c1)c1cccs1. The minimum absolute atomic E-state index is 0.392. The fraction of sp³-hybridized carbons (Fsp3) is 0.308. The highest BCUT2D eigenvalue weighted by Gasteiger charge is 2.09. The predicted octanol–water partition coefficient (Wildman–Crippen LogP) is 4.01. The summed E-state index contributed by atoms with van der Waals surface area (Å²) in [6, 6.07) is 6.79. The van der Waals surface area contributed by atoms with Gasteiger partial charge in [-0.3, -0.25) is 4.98 Å². The van der Waals surface area contributed by atoms with Gasteiger partial charge in [0.15, 0.2) is 0 Å². The number of nitrogens with one attached hydrogen (secondary N) is 1. The van der Waals surface area contributed by atoms with Crippen molar-refractivity contribution in [2.75, 3.05) is 5.32 Å². The van der Waals surface area contributed by atoms with Crippen LogP contribution in [-0.4, -0.2) is 4.98 Å². The molecule has 0 spiro atoms. The highest BCUT2D eigenvalue weighted by atomic mass is 32.1. The van der Waals surface area contributed by atoms with Gasteiger partial charge in [0.2, 0.25) is 0 Å². The van der Waals surface area contributed by atoms with Crippen LogP contribution in [0.4, 0.5) is 5.69 Å². The van der Waals surface area contributed by atoms with Gasteiger partial charge >= 0.3 is 0 Å². The lowest BCUT2D eigenvalue weighted by Gasteiger charge is -2.16. The molecular weight excluding hydrogens is 216 g/mol. The van der Waals surface area contributed by atoms with Crippen LogP contribution in [0.25, 0.3) is 0 Å².